The molecule has 7 nitrogen and oxygen atoms in total. The summed E-state index contributed by atoms with van der Waals surface area (Å²) in [6, 6.07) is 10.1. The van der Waals surface area contributed by atoms with E-state index in [4.69, 9.17) is 4.74 Å². The van der Waals surface area contributed by atoms with E-state index in [-0.39, 0.29) is 11.4 Å². The SMILES string of the molecule is COC(=O)COCC(=O)N(O)c1ccc2ccccc2c1O. The van der Waals surface area contributed by atoms with Crippen molar-refractivity contribution in [1.29, 1.82) is 0 Å². The number of nitrogens with zero attached hydrogens (tertiary/aromatic N) is 1. The lowest BCUT2D eigenvalue weighted by atomic mass is 10.1. The van der Waals surface area contributed by atoms with Crippen LogP contribution in [0.4, 0.5) is 5.69 Å². The summed E-state index contributed by atoms with van der Waals surface area (Å²) in [5.41, 5.74) is -0.0645. The second-order valence-electron chi connectivity index (χ2n) is 4.43. The van der Waals surface area contributed by atoms with E-state index in [1.54, 1.807) is 24.3 Å². The summed E-state index contributed by atoms with van der Waals surface area (Å²) in [7, 11) is 1.19. The first-order valence-corrected chi connectivity index (χ1v) is 6.41. The van der Waals surface area contributed by atoms with Crippen molar-refractivity contribution < 1.29 is 29.4 Å². The number of phenolic OH excluding ortho intramolecular Hbond substituents is 1. The van der Waals surface area contributed by atoms with Crippen molar-refractivity contribution in [2.75, 3.05) is 25.4 Å². The van der Waals surface area contributed by atoms with E-state index in [9.17, 15) is 19.9 Å². The fraction of sp³-hybridized carbons (Fsp3) is 0.200. The Hall–Kier alpha value is -2.64. The van der Waals surface area contributed by atoms with Gasteiger partial charge in [-0.05, 0) is 11.5 Å². The molecule has 116 valence electrons. The molecule has 2 aromatic carbocycles. The smallest absolute Gasteiger partial charge is 0.331 e. The zero-order chi connectivity index (χ0) is 16.1. The third kappa shape index (κ3) is 3.33. The van der Waals surface area contributed by atoms with Crippen molar-refractivity contribution in [2.45, 2.75) is 0 Å². The van der Waals surface area contributed by atoms with Crippen LogP contribution < -0.4 is 5.06 Å². The van der Waals surface area contributed by atoms with E-state index >= 15 is 0 Å². The fourth-order valence-electron chi connectivity index (χ4n) is 1.89. The maximum absolute atomic E-state index is 11.8. The molecule has 0 spiro atoms. The molecular formula is C15H15NO6. The van der Waals surface area contributed by atoms with Gasteiger partial charge in [0.05, 0.1) is 7.11 Å². The van der Waals surface area contributed by atoms with E-state index < -0.39 is 25.1 Å². The topological polar surface area (TPSA) is 96.3 Å². The minimum Gasteiger partial charge on any atom is -0.505 e. The molecule has 22 heavy (non-hydrogen) atoms. The lowest BCUT2D eigenvalue weighted by Gasteiger charge is -2.17. The molecule has 0 atom stereocenters. The molecule has 0 unspecified atom stereocenters. The summed E-state index contributed by atoms with van der Waals surface area (Å²) in [6.45, 7) is -0.933. The number of hydrogen-bond acceptors (Lipinski definition) is 6. The lowest BCUT2D eigenvalue weighted by molar-refractivity contribution is -0.147. The molecule has 0 saturated heterocycles. The molecule has 7 heteroatoms. The zero-order valence-electron chi connectivity index (χ0n) is 11.9. The van der Waals surface area contributed by atoms with Crippen LogP contribution in [0, 0.1) is 0 Å². The predicted molar refractivity (Wildman–Crippen MR) is 77.7 cm³/mol. The Morgan fingerprint density at radius 1 is 1.14 bits per heavy atom. The molecule has 0 fully saturated rings. The summed E-state index contributed by atoms with van der Waals surface area (Å²) in [5, 5.41) is 21.6. The number of anilines is 1. The molecule has 0 aliphatic rings. The highest BCUT2D eigenvalue weighted by Crippen LogP contribution is 2.34. The quantitative estimate of drug-likeness (QED) is 0.493. The van der Waals surface area contributed by atoms with Crippen LogP contribution in [-0.4, -0.2) is 42.5 Å². The van der Waals surface area contributed by atoms with Gasteiger partial charge in [-0.3, -0.25) is 10.0 Å². The van der Waals surface area contributed by atoms with E-state index in [2.05, 4.69) is 4.74 Å². The van der Waals surface area contributed by atoms with Crippen LogP contribution in [0.1, 0.15) is 0 Å². The summed E-state index contributed by atoms with van der Waals surface area (Å²) in [5.74, 6) is -1.68. The molecule has 2 rings (SSSR count). The Labute approximate surface area is 126 Å². The number of carbonyl (C=O) groups is 2. The normalized spacial score (nSPS) is 10.5. The van der Waals surface area contributed by atoms with E-state index in [1.807, 2.05) is 6.07 Å². The zero-order valence-corrected chi connectivity index (χ0v) is 11.9. The number of aromatic hydroxyl groups is 1. The Morgan fingerprint density at radius 2 is 1.86 bits per heavy atom. The van der Waals surface area contributed by atoms with Crippen molar-refractivity contribution in [1.82, 2.24) is 0 Å². The number of phenols is 1. The number of hydroxylamine groups is 1. The average molecular weight is 305 g/mol. The Kier molecular flexibility index (Phi) is 4.92. The minimum atomic E-state index is -0.825. The molecule has 0 bridgehead atoms. The van der Waals surface area contributed by atoms with Gasteiger partial charge in [0.1, 0.15) is 24.7 Å². The van der Waals surface area contributed by atoms with Crippen LogP contribution in [0.2, 0.25) is 0 Å². The molecule has 0 aliphatic carbocycles. The largest absolute Gasteiger partial charge is 0.505 e. The molecular weight excluding hydrogens is 290 g/mol. The number of methoxy groups -OCH3 is 1. The maximum Gasteiger partial charge on any atom is 0.331 e. The van der Waals surface area contributed by atoms with Crippen molar-refractivity contribution in [3.05, 3.63) is 36.4 Å². The Morgan fingerprint density at radius 3 is 2.59 bits per heavy atom. The third-order valence-electron chi connectivity index (χ3n) is 3.02. The average Bonchev–Trinajstić information content (AvgIpc) is 2.54. The van der Waals surface area contributed by atoms with Gasteiger partial charge in [-0.1, -0.05) is 30.3 Å². The maximum atomic E-state index is 11.8. The number of amides is 1. The summed E-state index contributed by atoms with van der Waals surface area (Å²) >= 11 is 0. The van der Waals surface area contributed by atoms with Gasteiger partial charge in [0.15, 0.2) is 0 Å². The number of rotatable bonds is 5. The number of esters is 1. The third-order valence-corrected chi connectivity index (χ3v) is 3.02. The molecule has 0 aliphatic heterocycles. The first kappa shape index (κ1) is 15.7. The van der Waals surface area contributed by atoms with Gasteiger partial charge in [-0.2, -0.15) is 5.06 Å². The van der Waals surface area contributed by atoms with Crippen molar-refractivity contribution >= 4 is 28.3 Å². The second-order valence-corrected chi connectivity index (χ2v) is 4.43. The van der Waals surface area contributed by atoms with Gasteiger partial charge >= 0.3 is 5.97 Å². The predicted octanol–water partition coefficient (Wildman–Crippen LogP) is 1.46. The molecule has 0 heterocycles. The standard InChI is InChI=1S/C15H15NO6/c1-21-14(18)9-22-8-13(17)16(20)12-7-6-10-4-2-3-5-11(10)15(12)19/h2-7,19-20H,8-9H2,1H3. The van der Waals surface area contributed by atoms with Crippen LogP contribution in [-0.2, 0) is 19.1 Å². The van der Waals surface area contributed by atoms with Crippen molar-refractivity contribution in [2.24, 2.45) is 0 Å². The van der Waals surface area contributed by atoms with E-state index in [0.717, 1.165) is 5.39 Å². The molecule has 2 aromatic rings. The summed E-state index contributed by atoms with van der Waals surface area (Å²) in [4.78, 5) is 22.6. The van der Waals surface area contributed by atoms with Gasteiger partial charge in [-0.25, -0.2) is 4.79 Å². The minimum absolute atomic E-state index is 0.0645. The second kappa shape index (κ2) is 6.88. The number of fused-ring (bicyclic) bond motifs is 1. The highest BCUT2D eigenvalue weighted by molar-refractivity contribution is 5.99. The molecule has 1 amide bonds. The number of carbonyl (C=O) groups excluding carboxylic acids is 2. The summed E-state index contributed by atoms with van der Waals surface area (Å²) < 4.78 is 9.16. The number of benzene rings is 2. The number of hydrogen-bond donors (Lipinski definition) is 2. The number of ether oxygens (including phenoxy) is 2. The highest BCUT2D eigenvalue weighted by Gasteiger charge is 2.19. The van der Waals surface area contributed by atoms with E-state index in [0.29, 0.717) is 10.4 Å². The van der Waals surface area contributed by atoms with Crippen molar-refractivity contribution in [3.63, 3.8) is 0 Å². The van der Waals surface area contributed by atoms with Crippen LogP contribution in [0.5, 0.6) is 5.75 Å². The van der Waals surface area contributed by atoms with Gasteiger partial charge < -0.3 is 14.6 Å². The Balaban J connectivity index is 2.12. The summed E-state index contributed by atoms with van der Waals surface area (Å²) in [6.07, 6.45) is 0. The molecule has 0 saturated carbocycles. The first-order valence-electron chi connectivity index (χ1n) is 6.41. The van der Waals surface area contributed by atoms with Crippen LogP contribution in [0.3, 0.4) is 0 Å². The highest BCUT2D eigenvalue weighted by atomic mass is 16.6. The molecule has 0 aromatic heterocycles. The van der Waals surface area contributed by atoms with Gasteiger partial charge in [0.25, 0.3) is 5.91 Å². The lowest BCUT2D eigenvalue weighted by Crippen LogP contribution is -2.31. The molecule has 2 N–H and O–H groups in total. The van der Waals surface area contributed by atoms with Crippen LogP contribution in [0.25, 0.3) is 10.8 Å². The fourth-order valence-corrected chi connectivity index (χ4v) is 1.89. The monoisotopic (exact) mass is 305 g/mol. The van der Waals surface area contributed by atoms with Gasteiger partial charge in [-0.15, -0.1) is 0 Å². The van der Waals surface area contributed by atoms with Crippen LogP contribution >= 0.6 is 0 Å². The molecule has 0 radical (unpaired) electrons. The van der Waals surface area contributed by atoms with Gasteiger partial charge in [0, 0.05) is 5.39 Å². The Bertz CT molecular complexity index is 699. The van der Waals surface area contributed by atoms with E-state index in [1.165, 1.54) is 13.2 Å². The first-order chi connectivity index (χ1) is 10.5. The van der Waals surface area contributed by atoms with Gasteiger partial charge in [0.2, 0.25) is 0 Å². The van der Waals surface area contributed by atoms with Crippen LogP contribution in [0.15, 0.2) is 36.4 Å². The van der Waals surface area contributed by atoms with Crippen molar-refractivity contribution in [3.8, 4) is 5.75 Å².